The maximum atomic E-state index is 4.95. The number of nitrogens with zero attached hydrogens (tertiary/aromatic N) is 2. The number of anilines is 1. The topological polar surface area (TPSA) is 28.2 Å². The van der Waals surface area contributed by atoms with Crippen LogP contribution in [-0.4, -0.2) is 25.1 Å². The maximum Gasteiger partial charge on any atom is 0.185 e. The molecule has 19 heavy (non-hydrogen) atoms. The summed E-state index contributed by atoms with van der Waals surface area (Å²) >= 11 is 1.89. The second kappa shape index (κ2) is 6.71. The molecule has 0 aromatic carbocycles. The van der Waals surface area contributed by atoms with Crippen molar-refractivity contribution in [3.8, 4) is 0 Å². The second-order valence-corrected chi connectivity index (χ2v) is 6.72. The van der Waals surface area contributed by atoms with Crippen LogP contribution >= 0.6 is 11.3 Å². The summed E-state index contributed by atoms with van der Waals surface area (Å²) < 4.78 is 0. The zero-order valence-corrected chi connectivity index (χ0v) is 13.5. The second-order valence-electron chi connectivity index (χ2n) is 5.65. The van der Waals surface area contributed by atoms with Gasteiger partial charge in [-0.3, -0.25) is 0 Å². The monoisotopic (exact) mass is 281 g/mol. The van der Waals surface area contributed by atoms with Crippen LogP contribution in [0.2, 0.25) is 0 Å². The predicted molar refractivity (Wildman–Crippen MR) is 84.2 cm³/mol. The lowest BCUT2D eigenvalue weighted by atomic mass is 10.0. The number of aromatic nitrogens is 1. The lowest BCUT2D eigenvalue weighted by Gasteiger charge is -2.14. The molecule has 2 atom stereocenters. The molecule has 1 saturated heterocycles. The average Bonchev–Trinajstić information content (AvgIpc) is 3.04. The number of hydrogen-bond acceptors (Lipinski definition) is 4. The van der Waals surface area contributed by atoms with Gasteiger partial charge in [0.1, 0.15) is 0 Å². The standard InChI is InChI=1S/C15H27N3S/c1-5-11(3)14-13(9-16-4)19-15(17-14)18-8-7-12(6-2)10-18/h11-12,16H,5-10H2,1-4H3. The quantitative estimate of drug-likeness (QED) is 0.863. The first-order chi connectivity index (χ1) is 9.19. The molecule has 0 aliphatic carbocycles. The van der Waals surface area contributed by atoms with Gasteiger partial charge in [-0.1, -0.05) is 27.2 Å². The fourth-order valence-corrected chi connectivity index (χ4v) is 3.92. The molecule has 1 aliphatic rings. The van der Waals surface area contributed by atoms with Crippen LogP contribution in [0.1, 0.15) is 56.5 Å². The van der Waals surface area contributed by atoms with Crippen molar-refractivity contribution in [2.75, 3.05) is 25.0 Å². The molecule has 1 fully saturated rings. The van der Waals surface area contributed by atoms with E-state index in [2.05, 4.69) is 31.0 Å². The Hall–Kier alpha value is -0.610. The van der Waals surface area contributed by atoms with Crippen LogP contribution < -0.4 is 10.2 Å². The van der Waals surface area contributed by atoms with Gasteiger partial charge in [-0.05, 0) is 31.7 Å². The van der Waals surface area contributed by atoms with Gasteiger partial charge in [0, 0.05) is 24.5 Å². The van der Waals surface area contributed by atoms with E-state index in [0.717, 1.165) is 18.9 Å². The average molecular weight is 281 g/mol. The molecule has 0 amide bonds. The lowest BCUT2D eigenvalue weighted by molar-refractivity contribution is 0.569. The van der Waals surface area contributed by atoms with Crippen LogP contribution in [0.5, 0.6) is 0 Å². The molecule has 1 aromatic rings. The minimum absolute atomic E-state index is 0.568. The molecule has 0 radical (unpaired) electrons. The van der Waals surface area contributed by atoms with Crippen LogP contribution in [0.4, 0.5) is 5.13 Å². The van der Waals surface area contributed by atoms with E-state index in [4.69, 9.17) is 4.98 Å². The predicted octanol–water partition coefficient (Wildman–Crippen LogP) is 3.61. The number of hydrogen-bond donors (Lipinski definition) is 1. The van der Waals surface area contributed by atoms with Crippen molar-refractivity contribution >= 4 is 16.5 Å². The van der Waals surface area contributed by atoms with Crippen molar-refractivity contribution in [1.82, 2.24) is 10.3 Å². The van der Waals surface area contributed by atoms with Gasteiger partial charge in [0.25, 0.3) is 0 Å². The van der Waals surface area contributed by atoms with Gasteiger partial charge < -0.3 is 10.2 Å². The van der Waals surface area contributed by atoms with Crippen LogP contribution in [0.3, 0.4) is 0 Å². The lowest BCUT2D eigenvalue weighted by Crippen LogP contribution is -2.19. The van der Waals surface area contributed by atoms with Crippen LogP contribution in [0.25, 0.3) is 0 Å². The summed E-state index contributed by atoms with van der Waals surface area (Å²) in [6, 6.07) is 0. The Balaban J connectivity index is 2.17. The summed E-state index contributed by atoms with van der Waals surface area (Å²) in [4.78, 5) is 8.87. The highest BCUT2D eigenvalue weighted by molar-refractivity contribution is 7.15. The third-order valence-corrected chi connectivity index (χ3v) is 5.40. The summed E-state index contributed by atoms with van der Waals surface area (Å²) in [6.07, 6.45) is 3.79. The van der Waals surface area contributed by atoms with E-state index < -0.39 is 0 Å². The van der Waals surface area contributed by atoms with Crippen molar-refractivity contribution < 1.29 is 0 Å². The fraction of sp³-hybridized carbons (Fsp3) is 0.800. The van der Waals surface area contributed by atoms with E-state index in [1.165, 1.54) is 41.6 Å². The molecule has 2 unspecified atom stereocenters. The molecule has 0 bridgehead atoms. The molecule has 1 N–H and O–H groups in total. The van der Waals surface area contributed by atoms with Gasteiger partial charge in [0.2, 0.25) is 0 Å². The molecule has 3 nitrogen and oxygen atoms in total. The highest BCUT2D eigenvalue weighted by atomic mass is 32.1. The Morgan fingerprint density at radius 2 is 2.26 bits per heavy atom. The van der Waals surface area contributed by atoms with Crippen LogP contribution in [0, 0.1) is 5.92 Å². The molecule has 108 valence electrons. The third kappa shape index (κ3) is 3.29. The minimum atomic E-state index is 0.568. The van der Waals surface area contributed by atoms with E-state index >= 15 is 0 Å². The number of rotatable bonds is 6. The molecular weight excluding hydrogens is 254 g/mol. The molecule has 4 heteroatoms. The summed E-state index contributed by atoms with van der Waals surface area (Å²) in [6.45, 7) is 10.2. The summed E-state index contributed by atoms with van der Waals surface area (Å²) in [5.41, 5.74) is 1.32. The van der Waals surface area contributed by atoms with Crippen molar-refractivity contribution in [3.05, 3.63) is 10.6 Å². The first-order valence-electron chi connectivity index (χ1n) is 7.58. The smallest absolute Gasteiger partial charge is 0.185 e. The van der Waals surface area contributed by atoms with Gasteiger partial charge in [-0.25, -0.2) is 4.98 Å². The van der Waals surface area contributed by atoms with Crippen molar-refractivity contribution in [3.63, 3.8) is 0 Å². The molecular formula is C15H27N3S. The summed E-state index contributed by atoms with van der Waals surface area (Å²) in [5.74, 6) is 1.43. The molecule has 1 aliphatic heterocycles. The fourth-order valence-electron chi connectivity index (χ4n) is 2.69. The zero-order valence-electron chi connectivity index (χ0n) is 12.7. The number of thiazole rings is 1. The largest absolute Gasteiger partial charge is 0.348 e. The first-order valence-corrected chi connectivity index (χ1v) is 8.40. The molecule has 2 rings (SSSR count). The minimum Gasteiger partial charge on any atom is -0.348 e. The van der Waals surface area contributed by atoms with Crippen molar-refractivity contribution in [1.29, 1.82) is 0 Å². The van der Waals surface area contributed by atoms with Crippen LogP contribution in [0.15, 0.2) is 0 Å². The van der Waals surface area contributed by atoms with E-state index in [1.54, 1.807) is 0 Å². The van der Waals surface area contributed by atoms with Crippen molar-refractivity contribution in [2.24, 2.45) is 5.92 Å². The van der Waals surface area contributed by atoms with Crippen LogP contribution in [-0.2, 0) is 6.54 Å². The molecule has 0 spiro atoms. The summed E-state index contributed by atoms with van der Waals surface area (Å²) in [5, 5.41) is 4.53. The summed E-state index contributed by atoms with van der Waals surface area (Å²) in [7, 11) is 2.02. The van der Waals surface area contributed by atoms with Gasteiger partial charge in [0.05, 0.1) is 5.69 Å². The van der Waals surface area contributed by atoms with Gasteiger partial charge in [-0.15, -0.1) is 11.3 Å². The van der Waals surface area contributed by atoms with Gasteiger partial charge in [0.15, 0.2) is 5.13 Å². The zero-order chi connectivity index (χ0) is 13.8. The molecule has 1 aromatic heterocycles. The Morgan fingerprint density at radius 1 is 1.47 bits per heavy atom. The van der Waals surface area contributed by atoms with Gasteiger partial charge >= 0.3 is 0 Å². The molecule has 2 heterocycles. The maximum absolute atomic E-state index is 4.95. The normalized spacial score (nSPS) is 21.1. The Bertz CT molecular complexity index is 402. The third-order valence-electron chi connectivity index (χ3n) is 4.27. The van der Waals surface area contributed by atoms with E-state index in [9.17, 15) is 0 Å². The number of nitrogens with one attached hydrogen (secondary N) is 1. The van der Waals surface area contributed by atoms with E-state index in [1.807, 2.05) is 18.4 Å². The SMILES string of the molecule is CCC1CCN(c2nc(C(C)CC)c(CNC)s2)C1. The van der Waals surface area contributed by atoms with E-state index in [-0.39, 0.29) is 0 Å². The highest BCUT2D eigenvalue weighted by Crippen LogP contribution is 2.34. The van der Waals surface area contributed by atoms with Crippen molar-refractivity contribution in [2.45, 2.75) is 52.5 Å². The Labute approximate surface area is 121 Å². The Kier molecular flexibility index (Phi) is 5.22. The van der Waals surface area contributed by atoms with Gasteiger partial charge in [-0.2, -0.15) is 0 Å². The highest BCUT2D eigenvalue weighted by Gasteiger charge is 2.25. The first kappa shape index (κ1) is 14.8. The van der Waals surface area contributed by atoms with E-state index in [0.29, 0.717) is 5.92 Å². The molecule has 0 saturated carbocycles. The Morgan fingerprint density at radius 3 is 2.84 bits per heavy atom.